The van der Waals surface area contributed by atoms with Crippen molar-refractivity contribution in [3.8, 4) is 11.3 Å². The van der Waals surface area contributed by atoms with Crippen LogP contribution < -0.4 is 5.32 Å². The minimum Gasteiger partial charge on any atom is -0.347 e. The van der Waals surface area contributed by atoms with E-state index in [1.165, 1.54) is 6.07 Å². The molecule has 1 aliphatic rings. The van der Waals surface area contributed by atoms with Crippen LogP contribution in [0, 0.1) is 0 Å². The van der Waals surface area contributed by atoms with Crippen LogP contribution in [0.15, 0.2) is 48.7 Å². The molecule has 0 bridgehead atoms. The lowest BCUT2D eigenvalue weighted by Gasteiger charge is -2.07. The van der Waals surface area contributed by atoms with Gasteiger partial charge in [0.1, 0.15) is 0 Å². The molecule has 4 rings (SSSR count). The zero-order chi connectivity index (χ0) is 17.6. The number of benzene rings is 1. The standard InChI is InChI=1S/C18H14F3N3O/c19-18(20,21)12-5-3-4-11(10-12)15-14-6-1-2-9-24(14)16(23-15)17(25)22-13-7-8-13/h1-6,9-10,13H,7-8H2,(H,22,25). The monoisotopic (exact) mass is 345 g/mol. The van der Waals surface area contributed by atoms with Gasteiger partial charge in [0.2, 0.25) is 5.82 Å². The number of hydrogen-bond acceptors (Lipinski definition) is 2. The highest BCUT2D eigenvalue weighted by molar-refractivity contribution is 5.94. The highest BCUT2D eigenvalue weighted by Gasteiger charge is 2.31. The smallest absolute Gasteiger partial charge is 0.347 e. The lowest BCUT2D eigenvalue weighted by molar-refractivity contribution is -0.137. The summed E-state index contributed by atoms with van der Waals surface area (Å²) in [5, 5.41) is 2.86. The Morgan fingerprint density at radius 1 is 1.16 bits per heavy atom. The predicted molar refractivity (Wildman–Crippen MR) is 86.1 cm³/mol. The number of hydrogen-bond donors (Lipinski definition) is 1. The van der Waals surface area contributed by atoms with Crippen molar-refractivity contribution in [1.29, 1.82) is 0 Å². The Balaban J connectivity index is 1.84. The number of nitrogens with one attached hydrogen (secondary N) is 1. The number of pyridine rings is 1. The van der Waals surface area contributed by atoms with E-state index < -0.39 is 11.7 Å². The molecule has 1 aliphatic carbocycles. The van der Waals surface area contributed by atoms with Crippen molar-refractivity contribution in [3.05, 3.63) is 60.0 Å². The number of imidazole rings is 1. The first-order valence-electron chi connectivity index (χ1n) is 7.89. The SMILES string of the molecule is O=C(NC1CC1)c1nc(-c2cccc(C(F)(F)F)c2)c2ccccn12. The topological polar surface area (TPSA) is 46.4 Å². The van der Waals surface area contributed by atoms with Crippen LogP contribution in [0.3, 0.4) is 0 Å². The summed E-state index contributed by atoms with van der Waals surface area (Å²) in [5.41, 5.74) is 0.519. The molecule has 0 aliphatic heterocycles. The normalized spacial score (nSPS) is 14.7. The number of carbonyl (C=O) groups is 1. The first kappa shape index (κ1) is 15.7. The summed E-state index contributed by atoms with van der Waals surface area (Å²) in [6.07, 6.45) is -0.871. The van der Waals surface area contributed by atoms with Crippen LogP contribution in [0.1, 0.15) is 29.0 Å². The molecule has 1 aromatic carbocycles. The molecule has 4 nitrogen and oxygen atoms in total. The second kappa shape index (κ2) is 5.61. The van der Waals surface area contributed by atoms with Gasteiger partial charge < -0.3 is 5.32 Å². The summed E-state index contributed by atoms with van der Waals surface area (Å²) in [7, 11) is 0. The first-order valence-corrected chi connectivity index (χ1v) is 7.89. The van der Waals surface area contributed by atoms with Gasteiger partial charge in [-0.2, -0.15) is 13.2 Å². The fourth-order valence-electron chi connectivity index (χ4n) is 2.73. The number of rotatable bonds is 3. The van der Waals surface area contributed by atoms with Gasteiger partial charge in [-0.05, 0) is 37.1 Å². The Bertz CT molecular complexity index is 958. The number of halogens is 3. The van der Waals surface area contributed by atoms with Gasteiger partial charge in [0.15, 0.2) is 0 Å². The molecule has 1 N–H and O–H groups in total. The molecular formula is C18H14F3N3O. The molecule has 2 aromatic heterocycles. The van der Waals surface area contributed by atoms with Gasteiger partial charge in [-0.3, -0.25) is 9.20 Å². The summed E-state index contributed by atoms with van der Waals surface area (Å²) in [6.45, 7) is 0. The minimum absolute atomic E-state index is 0.167. The van der Waals surface area contributed by atoms with E-state index in [0.717, 1.165) is 25.0 Å². The average Bonchev–Trinajstić information content (AvgIpc) is 3.31. The van der Waals surface area contributed by atoms with E-state index in [4.69, 9.17) is 0 Å². The second-order valence-corrected chi connectivity index (χ2v) is 6.07. The van der Waals surface area contributed by atoms with E-state index in [9.17, 15) is 18.0 Å². The largest absolute Gasteiger partial charge is 0.416 e. The molecule has 7 heteroatoms. The molecule has 0 radical (unpaired) electrons. The van der Waals surface area contributed by atoms with Crippen LogP contribution in [-0.2, 0) is 6.18 Å². The zero-order valence-electron chi connectivity index (χ0n) is 13.0. The van der Waals surface area contributed by atoms with Crippen LogP contribution in [0.2, 0.25) is 0 Å². The van der Waals surface area contributed by atoms with Crippen molar-refractivity contribution in [2.75, 3.05) is 0 Å². The molecule has 25 heavy (non-hydrogen) atoms. The van der Waals surface area contributed by atoms with Gasteiger partial charge in [0, 0.05) is 17.8 Å². The third-order valence-electron chi connectivity index (χ3n) is 4.13. The van der Waals surface area contributed by atoms with Gasteiger partial charge in [-0.25, -0.2) is 4.98 Å². The highest BCUT2D eigenvalue weighted by Crippen LogP contribution is 2.33. The Morgan fingerprint density at radius 3 is 2.68 bits per heavy atom. The number of nitrogens with zero attached hydrogens (tertiary/aromatic N) is 2. The zero-order valence-corrected chi connectivity index (χ0v) is 13.0. The molecule has 1 amide bonds. The van der Waals surface area contributed by atoms with Crippen molar-refractivity contribution >= 4 is 11.4 Å². The third kappa shape index (κ3) is 2.97. The predicted octanol–water partition coefficient (Wildman–Crippen LogP) is 3.91. The molecule has 0 saturated heterocycles. The van der Waals surface area contributed by atoms with E-state index in [-0.39, 0.29) is 17.8 Å². The fraction of sp³-hybridized carbons (Fsp3) is 0.222. The molecule has 128 valence electrons. The van der Waals surface area contributed by atoms with Gasteiger partial charge in [0.05, 0.1) is 16.8 Å². The Hall–Kier alpha value is -2.83. The molecule has 0 unspecified atom stereocenters. The van der Waals surface area contributed by atoms with Crippen LogP contribution in [-0.4, -0.2) is 21.3 Å². The number of carbonyl (C=O) groups excluding carboxylic acids is 1. The number of amides is 1. The molecule has 0 atom stereocenters. The Kier molecular flexibility index (Phi) is 3.52. The summed E-state index contributed by atoms with van der Waals surface area (Å²) in [4.78, 5) is 16.8. The van der Waals surface area contributed by atoms with Crippen molar-refractivity contribution in [2.45, 2.75) is 25.1 Å². The van der Waals surface area contributed by atoms with Gasteiger partial charge in [0.25, 0.3) is 5.91 Å². The lowest BCUT2D eigenvalue weighted by atomic mass is 10.1. The Morgan fingerprint density at radius 2 is 1.96 bits per heavy atom. The summed E-state index contributed by atoms with van der Waals surface area (Å²) < 4.78 is 40.6. The number of fused-ring (bicyclic) bond motifs is 1. The third-order valence-corrected chi connectivity index (χ3v) is 4.13. The lowest BCUT2D eigenvalue weighted by Crippen LogP contribution is -2.27. The maximum Gasteiger partial charge on any atom is 0.416 e. The van der Waals surface area contributed by atoms with Crippen molar-refractivity contribution in [1.82, 2.24) is 14.7 Å². The van der Waals surface area contributed by atoms with Gasteiger partial charge >= 0.3 is 6.18 Å². The summed E-state index contributed by atoms with van der Waals surface area (Å²) in [5.74, 6) is -0.142. The van der Waals surface area contributed by atoms with Crippen molar-refractivity contribution < 1.29 is 18.0 Å². The molecule has 1 fully saturated rings. The Labute approximate surface area is 141 Å². The van der Waals surface area contributed by atoms with Crippen LogP contribution in [0.4, 0.5) is 13.2 Å². The molecule has 1 saturated carbocycles. The maximum absolute atomic E-state index is 13.0. The van der Waals surface area contributed by atoms with Crippen molar-refractivity contribution in [2.24, 2.45) is 0 Å². The van der Waals surface area contributed by atoms with E-state index in [1.54, 1.807) is 34.9 Å². The number of alkyl halides is 3. The van der Waals surface area contributed by atoms with E-state index in [0.29, 0.717) is 16.8 Å². The molecular weight excluding hydrogens is 331 g/mol. The van der Waals surface area contributed by atoms with Crippen molar-refractivity contribution in [3.63, 3.8) is 0 Å². The molecule has 3 aromatic rings. The van der Waals surface area contributed by atoms with Crippen LogP contribution >= 0.6 is 0 Å². The summed E-state index contributed by atoms with van der Waals surface area (Å²) in [6, 6.07) is 10.4. The van der Waals surface area contributed by atoms with E-state index in [2.05, 4.69) is 10.3 Å². The second-order valence-electron chi connectivity index (χ2n) is 6.07. The molecule has 0 spiro atoms. The summed E-state index contributed by atoms with van der Waals surface area (Å²) >= 11 is 0. The van der Waals surface area contributed by atoms with E-state index in [1.807, 2.05) is 0 Å². The first-order chi connectivity index (χ1) is 11.9. The van der Waals surface area contributed by atoms with Crippen LogP contribution in [0.25, 0.3) is 16.8 Å². The fourth-order valence-corrected chi connectivity index (χ4v) is 2.73. The number of aromatic nitrogens is 2. The minimum atomic E-state index is -4.43. The van der Waals surface area contributed by atoms with Crippen LogP contribution in [0.5, 0.6) is 0 Å². The average molecular weight is 345 g/mol. The quantitative estimate of drug-likeness (QED) is 0.782. The van der Waals surface area contributed by atoms with E-state index >= 15 is 0 Å². The highest BCUT2D eigenvalue weighted by atomic mass is 19.4. The van der Waals surface area contributed by atoms with Gasteiger partial charge in [-0.1, -0.05) is 18.2 Å². The van der Waals surface area contributed by atoms with Gasteiger partial charge in [-0.15, -0.1) is 0 Å². The maximum atomic E-state index is 13.0. The molecule has 2 heterocycles.